The molecule has 1 aromatic rings. The molecule has 0 radical (unpaired) electrons. The highest BCUT2D eigenvalue weighted by molar-refractivity contribution is 9.11. The van der Waals surface area contributed by atoms with E-state index >= 15 is 0 Å². The van der Waals surface area contributed by atoms with Crippen LogP contribution in [0.15, 0.2) is 14.1 Å². The molecule has 0 spiro atoms. The summed E-state index contributed by atoms with van der Waals surface area (Å²) in [5.41, 5.74) is 0.878. The summed E-state index contributed by atoms with van der Waals surface area (Å²) < 4.78 is 32.9. The molecule has 1 aromatic heterocycles. The zero-order valence-corrected chi connectivity index (χ0v) is 15.2. The van der Waals surface area contributed by atoms with Crippen molar-refractivity contribution in [2.24, 2.45) is 0 Å². The molecule has 1 saturated heterocycles. The maximum Gasteiger partial charge on any atom is 0.324 e. The molecule has 0 saturated carbocycles. The molecule has 0 aliphatic carbocycles. The molecular formula is C13H18BrNO4S2. The Kier molecular flexibility index (Phi) is 5.45. The molecule has 0 N–H and O–H groups in total. The molecule has 21 heavy (non-hydrogen) atoms. The van der Waals surface area contributed by atoms with Crippen molar-refractivity contribution in [3.63, 3.8) is 0 Å². The van der Waals surface area contributed by atoms with E-state index in [0.29, 0.717) is 13.0 Å². The highest BCUT2D eigenvalue weighted by Crippen LogP contribution is 2.34. The molecule has 1 aliphatic rings. The highest BCUT2D eigenvalue weighted by atomic mass is 79.9. The Morgan fingerprint density at radius 2 is 2.24 bits per heavy atom. The van der Waals surface area contributed by atoms with Gasteiger partial charge in [-0.3, -0.25) is 4.79 Å². The minimum atomic E-state index is -3.66. The summed E-state index contributed by atoms with van der Waals surface area (Å²) in [4.78, 5) is 12.0. The molecule has 8 heteroatoms. The summed E-state index contributed by atoms with van der Waals surface area (Å²) in [5, 5.41) is 0. The first-order valence-corrected chi connectivity index (χ1v) is 9.87. The molecule has 2 rings (SSSR count). The van der Waals surface area contributed by atoms with Crippen LogP contribution >= 0.6 is 27.3 Å². The van der Waals surface area contributed by atoms with Gasteiger partial charge in [-0.2, -0.15) is 4.31 Å². The number of esters is 1. The summed E-state index contributed by atoms with van der Waals surface area (Å²) in [7, 11) is -3.66. The number of aryl methyl sites for hydroxylation is 1. The van der Waals surface area contributed by atoms with E-state index in [0.717, 1.165) is 22.2 Å². The van der Waals surface area contributed by atoms with Crippen LogP contribution in [0.3, 0.4) is 0 Å². The van der Waals surface area contributed by atoms with Gasteiger partial charge in [0.2, 0.25) is 0 Å². The van der Waals surface area contributed by atoms with E-state index < -0.39 is 22.0 Å². The van der Waals surface area contributed by atoms with E-state index in [4.69, 9.17) is 4.74 Å². The lowest BCUT2D eigenvalue weighted by Crippen LogP contribution is -2.48. The van der Waals surface area contributed by atoms with Crippen molar-refractivity contribution in [1.29, 1.82) is 0 Å². The van der Waals surface area contributed by atoms with Gasteiger partial charge in [0.1, 0.15) is 10.3 Å². The second kappa shape index (κ2) is 6.76. The summed E-state index contributed by atoms with van der Waals surface area (Å²) in [5.74, 6) is -0.451. The van der Waals surface area contributed by atoms with Gasteiger partial charge in [-0.15, -0.1) is 11.3 Å². The zero-order chi connectivity index (χ0) is 15.6. The summed E-state index contributed by atoms with van der Waals surface area (Å²) in [6.45, 7) is 4.19. The number of thiophene rings is 1. The number of ether oxygens (including phenoxy) is 1. The number of halogens is 1. The number of hydrogen-bond acceptors (Lipinski definition) is 5. The van der Waals surface area contributed by atoms with Crippen molar-refractivity contribution in [3.8, 4) is 0 Å². The Bertz CT molecular complexity index is 607. The number of rotatable bonds is 4. The average molecular weight is 396 g/mol. The molecule has 1 aliphatic heterocycles. The minimum absolute atomic E-state index is 0.257. The molecule has 0 bridgehead atoms. The van der Waals surface area contributed by atoms with Gasteiger partial charge in [0.15, 0.2) is 0 Å². The zero-order valence-electron chi connectivity index (χ0n) is 12.0. The van der Waals surface area contributed by atoms with Crippen LogP contribution in [0.2, 0.25) is 0 Å². The Morgan fingerprint density at radius 1 is 1.52 bits per heavy atom. The summed E-state index contributed by atoms with van der Waals surface area (Å²) in [6.07, 6.45) is 2.12. The van der Waals surface area contributed by atoms with Crippen molar-refractivity contribution in [2.45, 2.75) is 43.4 Å². The van der Waals surface area contributed by atoms with Crippen molar-refractivity contribution >= 4 is 43.3 Å². The molecule has 118 valence electrons. The van der Waals surface area contributed by atoms with Crippen LogP contribution in [-0.2, 0) is 19.6 Å². The lowest BCUT2D eigenvalue weighted by atomic mass is 10.1. The Balaban J connectivity index is 2.33. The number of carbonyl (C=O) groups excluding carboxylic acids is 1. The quantitative estimate of drug-likeness (QED) is 0.735. The largest absolute Gasteiger partial charge is 0.465 e. The van der Waals surface area contributed by atoms with Crippen molar-refractivity contribution in [2.75, 3.05) is 13.2 Å². The lowest BCUT2D eigenvalue weighted by molar-refractivity contribution is -0.148. The molecule has 1 fully saturated rings. The second-order valence-corrected chi connectivity index (χ2v) is 9.39. The van der Waals surface area contributed by atoms with Crippen LogP contribution in [0.25, 0.3) is 0 Å². The maximum absolute atomic E-state index is 12.8. The molecular weight excluding hydrogens is 378 g/mol. The van der Waals surface area contributed by atoms with Crippen LogP contribution in [-0.4, -0.2) is 37.9 Å². The number of carbonyl (C=O) groups is 1. The van der Waals surface area contributed by atoms with E-state index in [1.165, 1.54) is 15.6 Å². The predicted octanol–water partition coefficient (Wildman–Crippen LogP) is 2.93. The molecule has 0 amide bonds. The fraction of sp³-hybridized carbons (Fsp3) is 0.615. The van der Waals surface area contributed by atoms with Gasteiger partial charge in [-0.25, -0.2) is 8.42 Å². The molecule has 0 aromatic carbocycles. The predicted molar refractivity (Wildman–Crippen MR) is 84.9 cm³/mol. The molecule has 5 nitrogen and oxygen atoms in total. The van der Waals surface area contributed by atoms with Crippen LogP contribution in [0.5, 0.6) is 0 Å². The number of nitrogens with zero attached hydrogens (tertiary/aromatic N) is 1. The van der Waals surface area contributed by atoms with E-state index in [2.05, 4.69) is 15.9 Å². The molecule has 1 unspecified atom stereocenters. The van der Waals surface area contributed by atoms with Gasteiger partial charge >= 0.3 is 5.97 Å². The average Bonchev–Trinajstić information content (AvgIpc) is 2.80. The minimum Gasteiger partial charge on any atom is -0.465 e. The van der Waals surface area contributed by atoms with Gasteiger partial charge < -0.3 is 4.74 Å². The van der Waals surface area contributed by atoms with Crippen molar-refractivity contribution in [1.82, 2.24) is 4.31 Å². The van der Waals surface area contributed by atoms with Gasteiger partial charge in [-0.1, -0.05) is 0 Å². The highest BCUT2D eigenvalue weighted by Gasteiger charge is 2.39. The normalized spacial score (nSPS) is 20.4. The Labute approximate surface area is 137 Å². The standard InChI is InChI=1S/C13H18BrNO4S2/c1-3-19-13(16)10-6-4-5-7-15(10)21(17,18)11-8-9(2)12(14)20-11/h8,10H,3-7H2,1-2H3. The van der Waals surface area contributed by atoms with E-state index in [-0.39, 0.29) is 10.8 Å². The first-order valence-electron chi connectivity index (χ1n) is 6.82. The fourth-order valence-corrected chi connectivity index (χ4v) is 6.34. The number of piperidine rings is 1. The maximum atomic E-state index is 12.8. The van der Waals surface area contributed by atoms with Gasteiger partial charge in [0.25, 0.3) is 10.0 Å². The fourth-order valence-electron chi connectivity index (χ4n) is 2.34. The number of hydrogen-bond donors (Lipinski definition) is 0. The summed E-state index contributed by atoms with van der Waals surface area (Å²) >= 11 is 4.52. The first kappa shape index (κ1) is 16.9. The van der Waals surface area contributed by atoms with Gasteiger partial charge in [0.05, 0.1) is 10.4 Å². The third kappa shape index (κ3) is 3.49. The van der Waals surface area contributed by atoms with Gasteiger partial charge in [-0.05, 0) is 60.7 Å². The van der Waals surface area contributed by atoms with Crippen LogP contribution in [0, 0.1) is 6.92 Å². The summed E-state index contributed by atoms with van der Waals surface area (Å²) in [6, 6.07) is 0.936. The van der Waals surface area contributed by atoms with Crippen LogP contribution < -0.4 is 0 Å². The topological polar surface area (TPSA) is 63.7 Å². The number of sulfonamides is 1. The Morgan fingerprint density at radius 3 is 2.81 bits per heavy atom. The van der Waals surface area contributed by atoms with Crippen molar-refractivity contribution in [3.05, 3.63) is 15.4 Å². The molecule has 1 atom stereocenters. The van der Waals surface area contributed by atoms with Crippen LogP contribution in [0.4, 0.5) is 0 Å². The smallest absolute Gasteiger partial charge is 0.324 e. The third-order valence-corrected chi connectivity index (χ3v) is 7.90. The lowest BCUT2D eigenvalue weighted by Gasteiger charge is -2.32. The first-order chi connectivity index (χ1) is 9.87. The van der Waals surface area contributed by atoms with Crippen molar-refractivity contribution < 1.29 is 17.9 Å². The van der Waals surface area contributed by atoms with E-state index in [1.54, 1.807) is 13.0 Å². The molecule has 2 heterocycles. The van der Waals surface area contributed by atoms with E-state index in [1.807, 2.05) is 6.92 Å². The van der Waals surface area contributed by atoms with Gasteiger partial charge in [0, 0.05) is 6.54 Å². The van der Waals surface area contributed by atoms with Crippen LogP contribution in [0.1, 0.15) is 31.7 Å². The monoisotopic (exact) mass is 395 g/mol. The third-order valence-electron chi connectivity index (χ3n) is 3.41. The second-order valence-electron chi connectivity index (χ2n) is 4.90. The SMILES string of the molecule is CCOC(=O)C1CCCCN1S(=O)(=O)c1cc(C)c(Br)s1. The van der Waals surface area contributed by atoms with E-state index in [9.17, 15) is 13.2 Å². The Hall–Kier alpha value is -0.440.